The van der Waals surface area contributed by atoms with Crippen molar-refractivity contribution in [2.45, 2.75) is 129 Å². The molecule has 11 heteroatoms. The number of nitrogens with one attached hydrogen (secondary N) is 1. The smallest absolute Gasteiger partial charge is 0.419 e. The molecule has 0 saturated heterocycles. The first-order valence-corrected chi connectivity index (χ1v) is 17.7. The topological polar surface area (TPSA) is 73.9 Å². The van der Waals surface area contributed by atoms with Crippen molar-refractivity contribution in [1.82, 2.24) is 5.32 Å². The van der Waals surface area contributed by atoms with E-state index in [0.29, 0.717) is 18.4 Å². The van der Waals surface area contributed by atoms with Crippen LogP contribution >= 0.6 is 7.37 Å². The Balaban J connectivity index is 2.36. The van der Waals surface area contributed by atoms with Crippen molar-refractivity contribution in [1.29, 1.82) is 0 Å². The first-order chi connectivity index (χ1) is 21.4. The lowest BCUT2D eigenvalue weighted by Gasteiger charge is -2.43. The van der Waals surface area contributed by atoms with Crippen LogP contribution in [0, 0.1) is 6.92 Å². The van der Waals surface area contributed by atoms with Crippen LogP contribution in [0.1, 0.15) is 104 Å². The molecule has 0 heterocycles. The number of halogens is 4. The molecule has 2 aromatic rings. The van der Waals surface area contributed by atoms with Gasteiger partial charge in [0.1, 0.15) is 11.4 Å². The number of aryl methyl sites for hydroxylation is 3. The third kappa shape index (κ3) is 12.1. The molecule has 1 unspecified atom stereocenters. The van der Waals surface area contributed by atoms with Gasteiger partial charge >= 0.3 is 12.3 Å². The van der Waals surface area contributed by atoms with Crippen LogP contribution < -0.4 is 10.1 Å². The average Bonchev–Trinajstić information content (AvgIpc) is 2.90. The summed E-state index contributed by atoms with van der Waals surface area (Å²) in [6.07, 6.45) is -4.50. The maximum Gasteiger partial charge on any atom is 0.419 e. The molecule has 0 saturated carbocycles. The van der Waals surface area contributed by atoms with Gasteiger partial charge < -0.3 is 19.3 Å². The quantitative estimate of drug-likeness (QED) is 0.122. The zero-order valence-corrected chi connectivity index (χ0v) is 30.6. The number of hydrogen-bond donors (Lipinski definition) is 1. The number of alkyl halides is 4. The van der Waals surface area contributed by atoms with E-state index in [1.165, 1.54) is 12.1 Å². The Morgan fingerprint density at radius 3 is 2.00 bits per heavy atom. The van der Waals surface area contributed by atoms with Crippen LogP contribution in [0.3, 0.4) is 0 Å². The molecule has 0 aliphatic heterocycles. The highest BCUT2D eigenvalue weighted by Crippen LogP contribution is 2.67. The second-order valence-electron chi connectivity index (χ2n) is 15.3. The van der Waals surface area contributed by atoms with Gasteiger partial charge in [-0.2, -0.15) is 13.2 Å². The van der Waals surface area contributed by atoms with E-state index in [0.717, 1.165) is 17.2 Å². The highest BCUT2D eigenvalue weighted by atomic mass is 31.2. The third-order valence-electron chi connectivity index (χ3n) is 7.82. The molecule has 1 N–H and O–H groups in total. The fourth-order valence-corrected chi connectivity index (χ4v) is 8.75. The third-order valence-corrected chi connectivity index (χ3v) is 11.8. The summed E-state index contributed by atoms with van der Waals surface area (Å²) in [6, 6.07) is 11.8. The molecule has 0 radical (unpaired) electrons. The van der Waals surface area contributed by atoms with Crippen molar-refractivity contribution in [2.75, 3.05) is 19.9 Å². The van der Waals surface area contributed by atoms with E-state index in [4.69, 9.17) is 14.0 Å². The van der Waals surface area contributed by atoms with Crippen LogP contribution in [-0.2, 0) is 32.8 Å². The molecule has 1 atom stereocenters. The molecule has 0 aliphatic carbocycles. The lowest BCUT2D eigenvalue weighted by Crippen LogP contribution is -2.54. The van der Waals surface area contributed by atoms with Gasteiger partial charge in [0, 0.05) is 16.7 Å². The number of hydrogen-bond acceptors (Lipinski definition) is 5. The van der Waals surface area contributed by atoms with E-state index in [1.807, 2.05) is 31.2 Å². The second kappa shape index (κ2) is 15.8. The maximum atomic E-state index is 14.3. The number of alkyl carbamates (subject to hydrolysis) is 1. The summed E-state index contributed by atoms with van der Waals surface area (Å²) in [7, 11) is -3.44. The molecule has 0 fully saturated rings. The molecule has 0 aliphatic rings. The van der Waals surface area contributed by atoms with Crippen molar-refractivity contribution >= 4 is 13.5 Å². The summed E-state index contributed by atoms with van der Waals surface area (Å²) >= 11 is 0. The van der Waals surface area contributed by atoms with Crippen molar-refractivity contribution in [3.8, 4) is 5.75 Å². The highest BCUT2D eigenvalue weighted by Gasteiger charge is 2.49. The summed E-state index contributed by atoms with van der Waals surface area (Å²) in [5, 5.41) is 1.18. The van der Waals surface area contributed by atoms with Crippen molar-refractivity contribution in [3.05, 3.63) is 64.7 Å². The SMILES string of the molecule is Cc1cccc(CCCOc2ccc(CCC(CCF)(COP(=O)(C(C)(C)C)C(C)(C)C)NC(=O)OC(C)(C)C)cc2C(F)(F)F)c1. The number of ether oxygens (including phenoxy) is 2. The van der Waals surface area contributed by atoms with Gasteiger partial charge in [-0.3, -0.25) is 8.96 Å². The molecule has 266 valence electrons. The van der Waals surface area contributed by atoms with Crippen LogP contribution in [0.25, 0.3) is 0 Å². The number of carbonyl (C=O) groups excluding carboxylic acids is 1. The number of amides is 1. The predicted octanol–water partition coefficient (Wildman–Crippen LogP) is 10.5. The Morgan fingerprint density at radius 2 is 1.47 bits per heavy atom. The summed E-state index contributed by atoms with van der Waals surface area (Å²) in [4.78, 5) is 13.0. The van der Waals surface area contributed by atoms with Gasteiger partial charge in [0.15, 0.2) is 0 Å². The van der Waals surface area contributed by atoms with Gasteiger partial charge in [-0.25, -0.2) is 4.79 Å². The largest absolute Gasteiger partial charge is 0.493 e. The monoisotopic (exact) mass is 687 g/mol. The molecule has 0 aromatic heterocycles. The van der Waals surface area contributed by atoms with Gasteiger partial charge in [0.25, 0.3) is 0 Å². The van der Waals surface area contributed by atoms with Crippen LogP contribution in [0.5, 0.6) is 5.75 Å². The zero-order valence-electron chi connectivity index (χ0n) is 29.7. The summed E-state index contributed by atoms with van der Waals surface area (Å²) in [6.45, 7) is 16.7. The number of benzene rings is 2. The minimum atomic E-state index is -4.68. The first kappa shape index (κ1) is 40.6. The van der Waals surface area contributed by atoms with E-state index < -0.39 is 53.3 Å². The molecule has 47 heavy (non-hydrogen) atoms. The zero-order chi connectivity index (χ0) is 35.9. The van der Waals surface area contributed by atoms with E-state index in [1.54, 1.807) is 62.3 Å². The Hall–Kier alpha value is -2.58. The lowest BCUT2D eigenvalue weighted by atomic mass is 9.88. The Labute approximate surface area is 278 Å². The fraction of sp³-hybridized carbons (Fsp3) is 0.639. The van der Waals surface area contributed by atoms with Gasteiger partial charge in [-0.15, -0.1) is 0 Å². The Kier molecular flexibility index (Phi) is 13.6. The maximum absolute atomic E-state index is 14.3. The molecule has 2 aromatic carbocycles. The first-order valence-electron chi connectivity index (χ1n) is 16.1. The average molecular weight is 688 g/mol. The molecule has 1 amide bonds. The fourth-order valence-electron chi connectivity index (χ4n) is 5.53. The van der Waals surface area contributed by atoms with Crippen molar-refractivity contribution < 1.29 is 40.9 Å². The Bertz CT molecular complexity index is 1360. The van der Waals surface area contributed by atoms with Crippen LogP contribution in [0.2, 0.25) is 0 Å². The highest BCUT2D eigenvalue weighted by molar-refractivity contribution is 7.62. The van der Waals surface area contributed by atoms with Gasteiger partial charge in [0.05, 0.1) is 31.0 Å². The van der Waals surface area contributed by atoms with E-state index >= 15 is 0 Å². The molecular formula is C36H54F4NO5P. The molecular weight excluding hydrogens is 633 g/mol. The molecule has 2 rings (SSSR count). The minimum Gasteiger partial charge on any atom is -0.493 e. The van der Waals surface area contributed by atoms with Crippen molar-refractivity contribution in [3.63, 3.8) is 0 Å². The summed E-state index contributed by atoms with van der Waals surface area (Å²) in [5.74, 6) is -0.271. The van der Waals surface area contributed by atoms with E-state index in [2.05, 4.69) is 5.32 Å². The normalized spacial score (nSPS) is 14.4. The lowest BCUT2D eigenvalue weighted by molar-refractivity contribution is -0.139. The predicted molar refractivity (Wildman–Crippen MR) is 181 cm³/mol. The van der Waals surface area contributed by atoms with Crippen molar-refractivity contribution in [2.24, 2.45) is 0 Å². The van der Waals surface area contributed by atoms with E-state index in [-0.39, 0.29) is 38.2 Å². The van der Waals surface area contributed by atoms with Gasteiger partial charge in [0.2, 0.25) is 7.37 Å². The van der Waals surface area contributed by atoms with Gasteiger partial charge in [-0.05, 0) is 76.6 Å². The summed E-state index contributed by atoms with van der Waals surface area (Å²) in [5.41, 5.74) is -0.694. The number of rotatable bonds is 14. The second-order valence-corrected chi connectivity index (χ2v) is 19.3. The van der Waals surface area contributed by atoms with Gasteiger partial charge in [-0.1, -0.05) is 77.4 Å². The molecule has 0 spiro atoms. The van der Waals surface area contributed by atoms with E-state index in [9.17, 15) is 26.9 Å². The Morgan fingerprint density at radius 1 is 0.851 bits per heavy atom. The number of carbonyl (C=O) groups is 1. The molecule has 6 nitrogen and oxygen atoms in total. The van der Waals surface area contributed by atoms with Crippen LogP contribution in [0.15, 0.2) is 42.5 Å². The van der Waals surface area contributed by atoms with Crippen LogP contribution in [-0.4, -0.2) is 47.4 Å². The summed E-state index contributed by atoms with van der Waals surface area (Å²) < 4.78 is 88.3. The standard InChI is InChI=1S/C36H54F4NO5P/c1-26-13-11-14-27(23-26)15-12-22-44-30-17-16-28(24-29(30)36(38,39)40)18-19-35(20-21-37,41-31(42)46-32(2,3)4)25-45-47(43,33(5,6)7)34(8,9)10/h11,13-14,16-17,23-24H,12,15,18-22,25H2,1-10H3,(H,41,42). The van der Waals surface area contributed by atoms with Crippen LogP contribution in [0.4, 0.5) is 22.4 Å². The molecule has 0 bridgehead atoms. The minimum absolute atomic E-state index is 0.00155.